The zero-order chi connectivity index (χ0) is 29.9. The molecule has 0 saturated heterocycles. The van der Waals surface area contributed by atoms with E-state index in [-0.39, 0.29) is 42.0 Å². The van der Waals surface area contributed by atoms with E-state index in [9.17, 15) is 32.3 Å². The summed E-state index contributed by atoms with van der Waals surface area (Å²) in [7, 11) is 0. The fourth-order valence-electron chi connectivity index (χ4n) is 4.06. The monoisotopic (exact) mass is 571 g/mol. The lowest BCUT2D eigenvalue weighted by atomic mass is 10.1. The van der Waals surface area contributed by atoms with E-state index >= 15 is 0 Å². The van der Waals surface area contributed by atoms with Gasteiger partial charge in [0.05, 0.1) is 47.6 Å². The fourth-order valence-corrected chi connectivity index (χ4v) is 4.06. The van der Waals surface area contributed by atoms with Gasteiger partial charge in [-0.1, -0.05) is 0 Å². The van der Waals surface area contributed by atoms with Crippen molar-refractivity contribution >= 4 is 34.7 Å². The number of aromatic amines is 1. The minimum atomic E-state index is -4.81. The molecule has 0 spiro atoms. The van der Waals surface area contributed by atoms with Crippen molar-refractivity contribution in [2.75, 3.05) is 18.1 Å². The Hall–Kier alpha value is -5.14. The largest absolute Gasteiger partial charge is 0.462 e. The van der Waals surface area contributed by atoms with Crippen LogP contribution in [-0.4, -0.2) is 45.7 Å². The van der Waals surface area contributed by atoms with Gasteiger partial charge in [-0.25, -0.2) is 19.4 Å². The molecule has 214 valence electrons. The highest BCUT2D eigenvalue weighted by Crippen LogP contribution is 2.36. The van der Waals surface area contributed by atoms with Crippen molar-refractivity contribution in [3.8, 4) is 5.69 Å². The van der Waals surface area contributed by atoms with Gasteiger partial charge in [-0.3, -0.25) is 9.69 Å². The van der Waals surface area contributed by atoms with E-state index in [1.165, 1.54) is 59.1 Å². The van der Waals surface area contributed by atoms with Gasteiger partial charge >= 0.3 is 24.1 Å². The lowest BCUT2D eigenvalue weighted by Gasteiger charge is -2.20. The number of hydrogen-bond acceptors (Lipinski definition) is 7. The SMILES string of the molecule is CCOC(=O)c1ccc(N(Cc2ccn(-c3cc4nc(C(=O)OCC)c(=O)[nH]c4cc3C(F)(F)F)c2)C(N)=O)cc1. The number of ether oxygens (including phenoxy) is 2. The number of hydrogen-bond donors (Lipinski definition) is 2. The highest BCUT2D eigenvalue weighted by Gasteiger charge is 2.35. The Morgan fingerprint density at radius 2 is 1.68 bits per heavy atom. The quantitative estimate of drug-likeness (QED) is 0.302. The van der Waals surface area contributed by atoms with Crippen LogP contribution >= 0.6 is 0 Å². The van der Waals surface area contributed by atoms with Crippen LogP contribution in [0.25, 0.3) is 16.7 Å². The molecule has 4 rings (SSSR count). The summed E-state index contributed by atoms with van der Waals surface area (Å²) in [5.41, 5.74) is 3.31. The van der Waals surface area contributed by atoms with Gasteiger partial charge in [0.2, 0.25) is 5.69 Å². The van der Waals surface area contributed by atoms with Gasteiger partial charge < -0.3 is 24.8 Å². The summed E-state index contributed by atoms with van der Waals surface area (Å²) in [6, 6.07) is 8.39. The number of nitrogens with two attached hydrogens (primary N) is 1. The van der Waals surface area contributed by atoms with Crippen LogP contribution in [-0.2, 0) is 22.2 Å². The highest BCUT2D eigenvalue weighted by molar-refractivity contribution is 5.93. The van der Waals surface area contributed by atoms with Crippen LogP contribution in [0.4, 0.5) is 23.7 Å². The summed E-state index contributed by atoms with van der Waals surface area (Å²) >= 11 is 0. The van der Waals surface area contributed by atoms with E-state index < -0.39 is 41.0 Å². The molecule has 2 aromatic heterocycles. The molecule has 2 heterocycles. The fraction of sp³-hybridized carbons (Fsp3) is 0.222. The Balaban J connectivity index is 1.71. The molecule has 0 aliphatic heterocycles. The number of nitrogens with zero attached hydrogens (tertiary/aromatic N) is 3. The average molecular weight is 572 g/mol. The molecule has 0 radical (unpaired) electrons. The number of anilines is 1. The first-order valence-corrected chi connectivity index (χ1v) is 12.3. The van der Waals surface area contributed by atoms with Crippen LogP contribution in [0.2, 0.25) is 0 Å². The van der Waals surface area contributed by atoms with Gasteiger partial charge in [0, 0.05) is 18.1 Å². The average Bonchev–Trinajstić information content (AvgIpc) is 3.39. The molecule has 41 heavy (non-hydrogen) atoms. The number of primary amides is 1. The van der Waals surface area contributed by atoms with Crippen molar-refractivity contribution in [2.45, 2.75) is 26.6 Å². The van der Waals surface area contributed by atoms with Crippen LogP contribution in [0.3, 0.4) is 0 Å². The third-order valence-electron chi connectivity index (χ3n) is 5.91. The number of urea groups is 1. The standard InChI is InChI=1S/C27H24F3N5O6/c1-3-40-24(37)16-5-7-17(8-6-16)35(26(31)39)14-15-9-10-34(13-15)21-12-20-19(11-18(21)27(28,29)30)33-23(36)22(32-20)25(38)41-4-2/h5-13H,3-4,14H2,1-2H3,(H2,31,39)(H,33,36). The number of benzene rings is 2. The Bertz CT molecular complexity index is 1680. The van der Waals surface area contributed by atoms with Crippen molar-refractivity contribution in [1.29, 1.82) is 0 Å². The Morgan fingerprint density at radius 1 is 1.02 bits per heavy atom. The van der Waals surface area contributed by atoms with Crippen molar-refractivity contribution in [1.82, 2.24) is 14.5 Å². The predicted molar refractivity (Wildman–Crippen MR) is 141 cm³/mol. The van der Waals surface area contributed by atoms with Crippen LogP contribution in [0.15, 0.2) is 59.7 Å². The second kappa shape index (κ2) is 11.5. The van der Waals surface area contributed by atoms with Crippen molar-refractivity contribution in [3.05, 3.63) is 87.6 Å². The maximum absolute atomic E-state index is 14.1. The third-order valence-corrected chi connectivity index (χ3v) is 5.91. The van der Waals surface area contributed by atoms with Crippen LogP contribution in [0.1, 0.15) is 45.8 Å². The van der Waals surface area contributed by atoms with E-state index in [2.05, 4.69) is 9.97 Å². The van der Waals surface area contributed by atoms with Crippen molar-refractivity contribution < 1.29 is 37.0 Å². The molecule has 0 saturated carbocycles. The van der Waals surface area contributed by atoms with E-state index in [0.29, 0.717) is 11.3 Å². The number of carbonyl (C=O) groups excluding carboxylic acids is 3. The van der Waals surface area contributed by atoms with E-state index in [0.717, 1.165) is 12.1 Å². The molecule has 0 bridgehead atoms. The van der Waals surface area contributed by atoms with Gasteiger partial charge in [0.15, 0.2) is 0 Å². The molecular weight excluding hydrogens is 547 g/mol. The maximum Gasteiger partial charge on any atom is 0.418 e. The number of amides is 2. The van der Waals surface area contributed by atoms with Crippen LogP contribution < -0.4 is 16.2 Å². The summed E-state index contributed by atoms with van der Waals surface area (Å²) < 4.78 is 53.1. The molecule has 0 aliphatic rings. The number of esters is 2. The zero-order valence-corrected chi connectivity index (χ0v) is 21.8. The minimum absolute atomic E-state index is 0.0275. The number of carbonyl (C=O) groups is 3. The third kappa shape index (κ3) is 6.21. The van der Waals surface area contributed by atoms with Gasteiger partial charge in [-0.05, 0) is 61.9 Å². The number of halogens is 3. The minimum Gasteiger partial charge on any atom is -0.462 e. The van der Waals surface area contributed by atoms with Gasteiger partial charge in [-0.15, -0.1) is 0 Å². The molecule has 3 N–H and O–H groups in total. The number of H-pyrrole nitrogens is 1. The molecule has 0 aliphatic carbocycles. The molecular formula is C27H24F3N5O6. The highest BCUT2D eigenvalue weighted by atomic mass is 19.4. The molecule has 4 aromatic rings. The number of fused-ring (bicyclic) bond motifs is 1. The lowest BCUT2D eigenvalue weighted by molar-refractivity contribution is -0.137. The first kappa shape index (κ1) is 28.9. The Labute approximate surface area is 230 Å². The predicted octanol–water partition coefficient (Wildman–Crippen LogP) is 4.17. The first-order chi connectivity index (χ1) is 19.4. The van der Waals surface area contributed by atoms with Crippen molar-refractivity contribution in [2.24, 2.45) is 5.73 Å². The second-order valence-corrected chi connectivity index (χ2v) is 8.64. The summed E-state index contributed by atoms with van der Waals surface area (Å²) in [5.74, 6) is -1.55. The lowest BCUT2D eigenvalue weighted by Crippen LogP contribution is -2.35. The van der Waals surface area contributed by atoms with Crippen molar-refractivity contribution in [3.63, 3.8) is 0 Å². The summed E-state index contributed by atoms with van der Waals surface area (Å²) in [5, 5.41) is 0. The second-order valence-electron chi connectivity index (χ2n) is 8.64. The summed E-state index contributed by atoms with van der Waals surface area (Å²) in [6.45, 7) is 3.26. The summed E-state index contributed by atoms with van der Waals surface area (Å²) in [6.07, 6.45) is -2.09. The van der Waals surface area contributed by atoms with Crippen LogP contribution in [0.5, 0.6) is 0 Å². The number of nitrogens with one attached hydrogen (secondary N) is 1. The molecule has 2 amide bonds. The van der Waals surface area contributed by atoms with E-state index in [1.807, 2.05) is 0 Å². The van der Waals surface area contributed by atoms with E-state index in [4.69, 9.17) is 15.2 Å². The Kier molecular flexibility index (Phi) is 8.12. The topological polar surface area (TPSA) is 150 Å². The Morgan fingerprint density at radius 3 is 2.29 bits per heavy atom. The zero-order valence-electron chi connectivity index (χ0n) is 21.8. The molecule has 2 aromatic carbocycles. The smallest absolute Gasteiger partial charge is 0.418 e. The number of alkyl halides is 3. The normalized spacial score (nSPS) is 11.3. The van der Waals surface area contributed by atoms with Gasteiger partial charge in [0.1, 0.15) is 0 Å². The van der Waals surface area contributed by atoms with Gasteiger partial charge in [-0.2, -0.15) is 13.2 Å². The molecule has 14 heteroatoms. The number of rotatable bonds is 8. The first-order valence-electron chi connectivity index (χ1n) is 12.3. The number of aromatic nitrogens is 3. The maximum atomic E-state index is 14.1. The molecule has 0 fully saturated rings. The van der Waals surface area contributed by atoms with Crippen LogP contribution in [0, 0.1) is 0 Å². The molecule has 0 atom stereocenters. The molecule has 11 nitrogen and oxygen atoms in total. The van der Waals surface area contributed by atoms with Gasteiger partial charge in [0.25, 0.3) is 5.56 Å². The summed E-state index contributed by atoms with van der Waals surface area (Å²) in [4.78, 5) is 55.9. The molecule has 0 unspecified atom stereocenters. The van der Waals surface area contributed by atoms with E-state index in [1.54, 1.807) is 6.92 Å².